The Labute approximate surface area is 102 Å². The van der Waals surface area contributed by atoms with Crippen LogP contribution in [0.1, 0.15) is 33.5 Å². The van der Waals surface area contributed by atoms with E-state index in [0.29, 0.717) is 18.9 Å². The minimum Gasteiger partial charge on any atom is -0.329 e. The zero-order valence-electron chi connectivity index (χ0n) is 11.1. The van der Waals surface area contributed by atoms with Crippen LogP contribution in [0.15, 0.2) is 6.33 Å². The van der Waals surface area contributed by atoms with Gasteiger partial charge in [0.15, 0.2) is 0 Å². The van der Waals surface area contributed by atoms with Crippen molar-refractivity contribution in [1.29, 1.82) is 0 Å². The van der Waals surface area contributed by atoms with E-state index in [1.54, 1.807) is 4.68 Å². The Hall–Kier alpha value is -1.23. The highest BCUT2D eigenvalue weighted by Gasteiger charge is 2.27. The summed E-state index contributed by atoms with van der Waals surface area (Å²) in [6.07, 6.45) is 1.80. The summed E-state index contributed by atoms with van der Waals surface area (Å²) in [5, 5.41) is 4.14. The van der Waals surface area contributed by atoms with Crippen molar-refractivity contribution in [2.45, 2.75) is 40.7 Å². The van der Waals surface area contributed by atoms with Crippen molar-refractivity contribution < 1.29 is 4.79 Å². The van der Waals surface area contributed by atoms with Crippen molar-refractivity contribution in [1.82, 2.24) is 14.8 Å². The van der Waals surface area contributed by atoms with Gasteiger partial charge in [-0.05, 0) is 5.92 Å². The molecule has 0 radical (unpaired) electrons. The number of Topliss-reactive ketones (excluding diaryl/α,β-unsaturated/α-hetero) is 1. The first-order chi connectivity index (χ1) is 7.86. The maximum Gasteiger partial charge on any atom is 0.147 e. The molecule has 1 aromatic heterocycles. The molecule has 0 saturated carbocycles. The quantitative estimate of drug-likeness (QED) is 0.803. The Morgan fingerprint density at radius 1 is 1.53 bits per heavy atom. The maximum absolute atomic E-state index is 12.0. The van der Waals surface area contributed by atoms with Gasteiger partial charge in [-0.1, -0.05) is 27.7 Å². The van der Waals surface area contributed by atoms with E-state index in [-0.39, 0.29) is 5.78 Å². The van der Waals surface area contributed by atoms with Gasteiger partial charge in [-0.15, -0.1) is 0 Å². The van der Waals surface area contributed by atoms with E-state index in [1.807, 2.05) is 13.8 Å². The smallest absolute Gasteiger partial charge is 0.147 e. The molecule has 0 amide bonds. The van der Waals surface area contributed by atoms with Crippen LogP contribution in [0.5, 0.6) is 0 Å². The number of ketones is 1. The number of rotatable bonds is 6. The van der Waals surface area contributed by atoms with E-state index in [4.69, 9.17) is 5.73 Å². The molecule has 96 valence electrons. The number of nitrogens with zero attached hydrogens (tertiary/aromatic N) is 3. The summed E-state index contributed by atoms with van der Waals surface area (Å²) in [6.45, 7) is 9.07. The standard InChI is InChI=1S/C12H22N4O/c1-9(2)6-16-11(14-8-15-16)5-10(17)12(3,4)7-13/h8-9H,5-7,13H2,1-4H3. The third-order valence-corrected chi connectivity index (χ3v) is 2.82. The van der Waals surface area contributed by atoms with Crippen LogP contribution in [0.4, 0.5) is 0 Å². The molecule has 5 nitrogen and oxygen atoms in total. The van der Waals surface area contributed by atoms with Crippen LogP contribution in [0.25, 0.3) is 0 Å². The molecule has 0 spiro atoms. The predicted octanol–water partition coefficient (Wildman–Crippen LogP) is 1.03. The first-order valence-electron chi connectivity index (χ1n) is 5.97. The zero-order chi connectivity index (χ0) is 13.1. The third-order valence-electron chi connectivity index (χ3n) is 2.82. The lowest BCUT2D eigenvalue weighted by Crippen LogP contribution is -2.34. The lowest BCUT2D eigenvalue weighted by atomic mass is 9.86. The summed E-state index contributed by atoms with van der Waals surface area (Å²) in [5.41, 5.74) is 5.10. The largest absolute Gasteiger partial charge is 0.329 e. The summed E-state index contributed by atoms with van der Waals surface area (Å²) >= 11 is 0. The van der Waals surface area contributed by atoms with Crippen molar-refractivity contribution in [3.8, 4) is 0 Å². The van der Waals surface area contributed by atoms with E-state index < -0.39 is 5.41 Å². The molecule has 0 aliphatic rings. The average molecular weight is 238 g/mol. The summed E-state index contributed by atoms with van der Waals surface area (Å²) < 4.78 is 1.80. The molecule has 2 N–H and O–H groups in total. The van der Waals surface area contributed by atoms with E-state index in [2.05, 4.69) is 23.9 Å². The monoisotopic (exact) mass is 238 g/mol. The molecule has 5 heteroatoms. The fourth-order valence-electron chi connectivity index (χ4n) is 1.42. The van der Waals surface area contributed by atoms with Crippen LogP contribution in [0.3, 0.4) is 0 Å². The Bertz CT molecular complexity index is 382. The van der Waals surface area contributed by atoms with Crippen LogP contribution in [-0.2, 0) is 17.8 Å². The first kappa shape index (κ1) is 13.8. The maximum atomic E-state index is 12.0. The van der Waals surface area contributed by atoms with Crippen molar-refractivity contribution in [3.63, 3.8) is 0 Å². The molecule has 0 saturated heterocycles. The number of nitrogens with two attached hydrogens (primary N) is 1. The van der Waals surface area contributed by atoms with Gasteiger partial charge in [0.05, 0.1) is 6.42 Å². The molecule has 0 atom stereocenters. The lowest BCUT2D eigenvalue weighted by Gasteiger charge is -2.20. The van der Waals surface area contributed by atoms with Gasteiger partial charge in [-0.3, -0.25) is 4.79 Å². The van der Waals surface area contributed by atoms with E-state index >= 15 is 0 Å². The second kappa shape index (κ2) is 5.40. The Balaban J connectivity index is 2.75. The number of carbonyl (C=O) groups excluding carboxylic acids is 1. The predicted molar refractivity (Wildman–Crippen MR) is 66.4 cm³/mol. The minimum absolute atomic E-state index is 0.109. The highest BCUT2D eigenvalue weighted by atomic mass is 16.1. The van der Waals surface area contributed by atoms with Crippen molar-refractivity contribution in [3.05, 3.63) is 12.2 Å². The fraction of sp³-hybridized carbons (Fsp3) is 0.750. The van der Waals surface area contributed by atoms with Gasteiger partial charge in [0, 0.05) is 18.5 Å². The van der Waals surface area contributed by atoms with Crippen molar-refractivity contribution in [2.75, 3.05) is 6.54 Å². The minimum atomic E-state index is -0.491. The SMILES string of the molecule is CC(C)Cn1ncnc1CC(=O)C(C)(C)CN. The van der Waals surface area contributed by atoms with Gasteiger partial charge in [0.25, 0.3) is 0 Å². The highest BCUT2D eigenvalue weighted by molar-refractivity contribution is 5.85. The van der Waals surface area contributed by atoms with Crippen molar-refractivity contribution in [2.24, 2.45) is 17.1 Å². The molecule has 0 aliphatic heterocycles. The molecule has 0 bridgehead atoms. The summed E-state index contributed by atoms with van der Waals surface area (Å²) in [4.78, 5) is 16.2. The topological polar surface area (TPSA) is 73.8 Å². The van der Waals surface area contributed by atoms with Crippen LogP contribution in [0, 0.1) is 11.3 Å². The molecule has 0 aliphatic carbocycles. The molecule has 1 rings (SSSR count). The molecule has 0 fully saturated rings. The second-order valence-electron chi connectivity index (χ2n) is 5.44. The molecule has 1 aromatic rings. The summed E-state index contributed by atoms with van der Waals surface area (Å²) in [6, 6.07) is 0. The molecule has 0 aromatic carbocycles. The van der Waals surface area contributed by atoms with Crippen LogP contribution in [-0.4, -0.2) is 27.1 Å². The number of hydrogen-bond donors (Lipinski definition) is 1. The lowest BCUT2D eigenvalue weighted by molar-refractivity contribution is -0.126. The Kier molecular flexibility index (Phi) is 4.40. The van der Waals surface area contributed by atoms with Gasteiger partial charge >= 0.3 is 0 Å². The Morgan fingerprint density at radius 2 is 2.18 bits per heavy atom. The molecule has 0 unspecified atom stereocenters. The van der Waals surface area contributed by atoms with E-state index in [0.717, 1.165) is 12.4 Å². The fourth-order valence-corrected chi connectivity index (χ4v) is 1.42. The van der Waals surface area contributed by atoms with Gasteiger partial charge in [-0.25, -0.2) is 9.67 Å². The van der Waals surface area contributed by atoms with Gasteiger partial charge in [-0.2, -0.15) is 5.10 Å². The second-order valence-corrected chi connectivity index (χ2v) is 5.44. The molecule has 17 heavy (non-hydrogen) atoms. The zero-order valence-corrected chi connectivity index (χ0v) is 11.1. The van der Waals surface area contributed by atoms with Crippen LogP contribution in [0.2, 0.25) is 0 Å². The van der Waals surface area contributed by atoms with Gasteiger partial charge < -0.3 is 5.73 Å². The number of hydrogen-bond acceptors (Lipinski definition) is 4. The normalized spacial score (nSPS) is 12.1. The Morgan fingerprint density at radius 3 is 2.71 bits per heavy atom. The molecular weight excluding hydrogens is 216 g/mol. The van der Waals surface area contributed by atoms with Crippen molar-refractivity contribution >= 4 is 5.78 Å². The molecular formula is C12H22N4O. The average Bonchev–Trinajstić information content (AvgIpc) is 2.64. The first-order valence-corrected chi connectivity index (χ1v) is 5.97. The van der Waals surface area contributed by atoms with E-state index in [9.17, 15) is 4.79 Å². The summed E-state index contributed by atoms with van der Waals surface area (Å²) in [7, 11) is 0. The van der Waals surface area contributed by atoms with Gasteiger partial charge in [0.2, 0.25) is 0 Å². The van der Waals surface area contributed by atoms with Crippen LogP contribution < -0.4 is 5.73 Å². The number of carbonyl (C=O) groups is 1. The number of aromatic nitrogens is 3. The highest BCUT2D eigenvalue weighted by Crippen LogP contribution is 2.16. The van der Waals surface area contributed by atoms with Crippen LogP contribution >= 0.6 is 0 Å². The molecule has 1 heterocycles. The van der Waals surface area contributed by atoms with Gasteiger partial charge in [0.1, 0.15) is 17.9 Å². The summed E-state index contributed by atoms with van der Waals surface area (Å²) in [5.74, 6) is 1.32. The third kappa shape index (κ3) is 3.63. The van der Waals surface area contributed by atoms with E-state index in [1.165, 1.54) is 6.33 Å².